The van der Waals surface area contributed by atoms with Crippen LogP contribution in [0.1, 0.15) is 20.8 Å². The maximum atomic E-state index is 7.77. The summed E-state index contributed by atoms with van der Waals surface area (Å²) in [5.74, 6) is 0.458. The van der Waals surface area contributed by atoms with E-state index in [9.17, 15) is 0 Å². The van der Waals surface area contributed by atoms with E-state index in [0.29, 0.717) is 13.7 Å². The Morgan fingerprint density at radius 2 is 1.33 bits per heavy atom. The third-order valence-electron chi connectivity index (χ3n) is 1.43. The van der Waals surface area contributed by atoms with Gasteiger partial charge in [0.05, 0.1) is 0 Å². The van der Waals surface area contributed by atoms with E-state index in [1.54, 1.807) is 0 Å². The first-order valence-corrected chi connectivity index (χ1v) is 6.65. The molecule has 1 nitrogen and oxygen atoms in total. The SMILES string of the molecule is CCP(CC)CC.OCC[S-].[Au+]. The molecule has 0 radical (unpaired) electrons. The molecule has 0 aliphatic rings. The molecule has 0 unspecified atom stereocenters. The molecule has 4 heteroatoms. The quantitative estimate of drug-likeness (QED) is 0.449. The molecule has 0 spiro atoms. The van der Waals surface area contributed by atoms with Crippen molar-refractivity contribution in [2.24, 2.45) is 0 Å². The topological polar surface area (TPSA) is 20.2 Å². The van der Waals surface area contributed by atoms with E-state index in [1.165, 1.54) is 18.5 Å². The fraction of sp³-hybridized carbons (Fsp3) is 1.00. The molecule has 12 heavy (non-hydrogen) atoms. The van der Waals surface area contributed by atoms with Crippen molar-refractivity contribution in [3.63, 3.8) is 0 Å². The zero-order valence-corrected chi connectivity index (χ0v) is 12.0. The normalized spacial score (nSPS) is 8.50. The summed E-state index contributed by atoms with van der Waals surface area (Å²) in [7, 11) is 0.446. The van der Waals surface area contributed by atoms with Crippen molar-refractivity contribution in [2.75, 3.05) is 30.8 Å². The standard InChI is InChI=1S/C6H15P.C2H6OS.Au/c1-4-7(5-2)6-3;3-1-2-4;/h4-6H2,1-3H3;3-4H,1-2H2;/q;;+1/p-1. The molecule has 1 N–H and O–H groups in total. The van der Waals surface area contributed by atoms with Gasteiger partial charge in [0.2, 0.25) is 0 Å². The molecular formula is C8H20AuOPS. The van der Waals surface area contributed by atoms with Crippen LogP contribution in [-0.4, -0.2) is 36.0 Å². The molecule has 0 saturated carbocycles. The van der Waals surface area contributed by atoms with Crippen molar-refractivity contribution in [1.29, 1.82) is 0 Å². The van der Waals surface area contributed by atoms with Gasteiger partial charge in [0, 0.05) is 6.61 Å². The van der Waals surface area contributed by atoms with Gasteiger partial charge in [0.15, 0.2) is 0 Å². The molecule has 0 aliphatic carbocycles. The van der Waals surface area contributed by atoms with Crippen LogP contribution in [0, 0.1) is 0 Å². The van der Waals surface area contributed by atoms with E-state index in [1.807, 2.05) is 0 Å². The molecule has 0 bridgehead atoms. The summed E-state index contributed by atoms with van der Waals surface area (Å²) in [6.07, 6.45) is 4.26. The Kier molecular flexibility index (Phi) is 29.2. The van der Waals surface area contributed by atoms with Crippen LogP contribution in [0.25, 0.3) is 0 Å². The molecule has 0 heterocycles. The Balaban J connectivity index is -0.000000142. The summed E-state index contributed by atoms with van der Waals surface area (Å²) in [6, 6.07) is 0. The fourth-order valence-electron chi connectivity index (χ4n) is 0.671. The largest absolute Gasteiger partial charge is 1.00 e. The van der Waals surface area contributed by atoms with Gasteiger partial charge in [-0.1, -0.05) is 20.8 Å². The number of rotatable bonds is 4. The first kappa shape index (κ1) is 19.1. The van der Waals surface area contributed by atoms with Gasteiger partial charge in [-0.25, -0.2) is 0 Å². The van der Waals surface area contributed by atoms with Gasteiger partial charge in [0.1, 0.15) is 0 Å². The van der Waals surface area contributed by atoms with Crippen LogP contribution < -0.4 is 0 Å². The second kappa shape index (κ2) is 18.3. The van der Waals surface area contributed by atoms with Crippen molar-refractivity contribution in [3.8, 4) is 0 Å². The van der Waals surface area contributed by atoms with Gasteiger partial charge in [-0.15, -0.1) is 7.92 Å². The summed E-state index contributed by atoms with van der Waals surface area (Å²) < 4.78 is 0. The molecule has 0 aromatic rings. The maximum absolute atomic E-state index is 7.77. The van der Waals surface area contributed by atoms with Crippen molar-refractivity contribution in [3.05, 3.63) is 0 Å². The van der Waals surface area contributed by atoms with Gasteiger partial charge in [0.25, 0.3) is 0 Å². The molecule has 80 valence electrons. The van der Waals surface area contributed by atoms with Gasteiger partial charge >= 0.3 is 22.4 Å². The van der Waals surface area contributed by atoms with Crippen LogP contribution in [0.15, 0.2) is 0 Å². The van der Waals surface area contributed by atoms with E-state index in [4.69, 9.17) is 5.11 Å². The molecule has 0 rings (SSSR count). The zero-order chi connectivity index (χ0) is 9.11. The smallest absolute Gasteiger partial charge is 0.790 e. The van der Waals surface area contributed by atoms with Crippen molar-refractivity contribution in [2.45, 2.75) is 20.8 Å². The average Bonchev–Trinajstić information content (AvgIpc) is 2.08. The van der Waals surface area contributed by atoms with Crippen LogP contribution in [0.3, 0.4) is 0 Å². The average molecular weight is 392 g/mol. The van der Waals surface area contributed by atoms with E-state index < -0.39 is 0 Å². The van der Waals surface area contributed by atoms with E-state index in [-0.39, 0.29) is 29.0 Å². The molecule has 0 saturated heterocycles. The Bertz CT molecular complexity index is 55.5. The molecule has 0 fully saturated rings. The van der Waals surface area contributed by atoms with E-state index >= 15 is 0 Å². The molecular weight excluding hydrogens is 372 g/mol. The summed E-state index contributed by atoms with van der Waals surface area (Å²) in [5.41, 5.74) is 0. The Hall–Kier alpha value is 1.48. The van der Waals surface area contributed by atoms with E-state index in [2.05, 4.69) is 33.4 Å². The van der Waals surface area contributed by atoms with Gasteiger partial charge < -0.3 is 17.7 Å². The van der Waals surface area contributed by atoms with Gasteiger partial charge in [-0.3, -0.25) is 0 Å². The predicted octanol–water partition coefficient (Wildman–Crippen LogP) is 2.05. The van der Waals surface area contributed by atoms with Crippen molar-refractivity contribution >= 4 is 20.6 Å². The Morgan fingerprint density at radius 3 is 1.33 bits per heavy atom. The second-order valence-electron chi connectivity index (χ2n) is 2.05. The number of hydrogen-bond donors (Lipinski definition) is 1. The summed E-state index contributed by atoms with van der Waals surface area (Å²) >= 11 is 4.30. The summed E-state index contributed by atoms with van der Waals surface area (Å²) in [6.45, 7) is 7.01. The third-order valence-corrected chi connectivity index (χ3v) is 4.30. The van der Waals surface area contributed by atoms with Crippen LogP contribution in [0.5, 0.6) is 0 Å². The first-order valence-electron chi connectivity index (χ1n) is 4.17. The maximum Gasteiger partial charge on any atom is 1.00 e. The Morgan fingerprint density at radius 1 is 1.08 bits per heavy atom. The van der Waals surface area contributed by atoms with Crippen LogP contribution in [0.4, 0.5) is 0 Å². The van der Waals surface area contributed by atoms with Crippen LogP contribution >= 0.6 is 7.92 Å². The predicted molar refractivity (Wildman–Crippen MR) is 57.9 cm³/mol. The summed E-state index contributed by atoms with van der Waals surface area (Å²) in [4.78, 5) is 0. The minimum atomic E-state index is 0. The van der Waals surface area contributed by atoms with Crippen LogP contribution in [0.2, 0.25) is 0 Å². The monoisotopic (exact) mass is 392 g/mol. The van der Waals surface area contributed by atoms with Gasteiger partial charge in [-0.05, 0) is 18.5 Å². The second-order valence-corrected chi connectivity index (χ2v) is 5.69. The van der Waals surface area contributed by atoms with Crippen LogP contribution in [-0.2, 0) is 35.0 Å². The molecule has 0 amide bonds. The number of aliphatic hydroxyl groups is 1. The minimum Gasteiger partial charge on any atom is -0.790 e. The molecule has 0 atom stereocenters. The van der Waals surface area contributed by atoms with Gasteiger partial charge in [-0.2, -0.15) is 5.75 Å². The number of hydrogen-bond acceptors (Lipinski definition) is 2. The Labute approximate surface area is 99.4 Å². The minimum absolute atomic E-state index is 0. The van der Waals surface area contributed by atoms with Crippen molar-refractivity contribution < 1.29 is 27.5 Å². The first-order chi connectivity index (χ1) is 5.26. The zero-order valence-electron chi connectivity index (χ0n) is 8.14. The fourth-order valence-corrected chi connectivity index (χ4v) is 2.01. The molecule has 0 aromatic carbocycles. The molecule has 0 aromatic heterocycles. The van der Waals surface area contributed by atoms with E-state index in [0.717, 1.165) is 0 Å². The summed E-state index contributed by atoms with van der Waals surface area (Å²) in [5, 5.41) is 7.77. The third kappa shape index (κ3) is 17.5. The molecule has 0 aliphatic heterocycles. The number of aliphatic hydroxyl groups excluding tert-OH is 1. The van der Waals surface area contributed by atoms with Crippen molar-refractivity contribution in [1.82, 2.24) is 0 Å².